The molecule has 16 heteroatoms. The lowest BCUT2D eigenvalue weighted by atomic mass is 10.1. The van der Waals surface area contributed by atoms with Gasteiger partial charge in [-0.2, -0.15) is 13.2 Å². The first-order valence-electron chi connectivity index (χ1n) is 14.8. The summed E-state index contributed by atoms with van der Waals surface area (Å²) in [6, 6.07) is 21.3. The summed E-state index contributed by atoms with van der Waals surface area (Å²) in [5, 5.41) is 5.83. The number of fused-ring (bicyclic) bond motifs is 2. The maximum Gasteiger partial charge on any atom is 0.412 e. The number of imidazole rings is 2. The summed E-state index contributed by atoms with van der Waals surface area (Å²) in [7, 11) is 0. The average Bonchev–Trinajstić information content (AvgIpc) is 3.74. The highest BCUT2D eigenvalue weighted by Crippen LogP contribution is 2.36. The number of nitrogens with one attached hydrogen (secondary N) is 2. The molecule has 2 N–H and O–H groups in total. The normalized spacial score (nSPS) is 12.9. The Morgan fingerprint density at radius 3 is 1.88 bits per heavy atom. The third-order valence-electron chi connectivity index (χ3n) is 7.56. The fourth-order valence-corrected chi connectivity index (χ4v) is 5.64. The zero-order chi connectivity index (χ0) is 34.0. The molecule has 49 heavy (non-hydrogen) atoms. The first-order valence-corrected chi connectivity index (χ1v) is 15.5. The lowest BCUT2D eigenvalue weighted by molar-refractivity contribution is -0.144. The summed E-state index contributed by atoms with van der Waals surface area (Å²) >= 11 is 3.37. The van der Waals surface area contributed by atoms with Crippen LogP contribution < -0.4 is 10.6 Å². The molecular weight excluding hydrogens is 705 g/mol. The van der Waals surface area contributed by atoms with Gasteiger partial charge in [0.25, 0.3) is 0 Å². The van der Waals surface area contributed by atoms with Gasteiger partial charge in [0.05, 0.1) is 11.6 Å². The fraction of sp³-hybridized carbons (Fsp3) is 0.121. The van der Waals surface area contributed by atoms with Crippen LogP contribution in [0.4, 0.5) is 24.8 Å². The topological polar surface area (TPSA) is 138 Å². The van der Waals surface area contributed by atoms with Crippen LogP contribution in [-0.4, -0.2) is 58.0 Å². The molecule has 0 radical (unpaired) electrons. The number of ether oxygens (including phenoxy) is 1. The smallest absolute Gasteiger partial charge is 0.412 e. The molecule has 4 heterocycles. The van der Waals surface area contributed by atoms with E-state index in [4.69, 9.17) is 4.74 Å². The van der Waals surface area contributed by atoms with Gasteiger partial charge in [-0.25, -0.2) is 44.1 Å². The zero-order valence-corrected chi connectivity index (χ0v) is 26.7. The van der Waals surface area contributed by atoms with Crippen molar-refractivity contribution in [3.63, 3.8) is 0 Å². The first kappa shape index (κ1) is 31.7. The molecule has 0 spiro atoms. The van der Waals surface area contributed by atoms with Gasteiger partial charge < -0.3 is 15.4 Å². The molecule has 246 valence electrons. The summed E-state index contributed by atoms with van der Waals surface area (Å²) in [4.78, 5) is 38.9. The molecule has 7 rings (SSSR count). The van der Waals surface area contributed by atoms with Gasteiger partial charge in [0.15, 0.2) is 34.0 Å². The average molecular weight is 730 g/mol. The molecular formula is C33H24BrF3N10O2. The summed E-state index contributed by atoms with van der Waals surface area (Å²) in [5.41, 5.74) is 2.29. The third-order valence-corrected chi connectivity index (χ3v) is 8.05. The van der Waals surface area contributed by atoms with Crippen LogP contribution >= 0.6 is 15.9 Å². The Morgan fingerprint density at radius 1 is 0.735 bits per heavy atom. The number of hydrogen-bond donors (Lipinski definition) is 2. The Balaban J connectivity index is 1.19. The van der Waals surface area contributed by atoms with Gasteiger partial charge >= 0.3 is 12.1 Å². The number of carbonyl (C=O) groups excluding carboxylic acids is 1. The van der Waals surface area contributed by atoms with Gasteiger partial charge in [-0.3, -0.25) is 0 Å². The van der Waals surface area contributed by atoms with Gasteiger partial charge in [-0.05, 0) is 29.3 Å². The number of hydrogen-bond acceptors (Lipinski definition) is 10. The largest absolute Gasteiger partial charge is 0.460 e. The van der Waals surface area contributed by atoms with Gasteiger partial charge in [0.1, 0.15) is 38.0 Å². The van der Waals surface area contributed by atoms with E-state index in [1.54, 1.807) is 24.3 Å². The van der Waals surface area contributed by atoms with E-state index in [0.717, 1.165) is 16.4 Å². The molecule has 0 aliphatic rings. The first-order chi connectivity index (χ1) is 23.8. The van der Waals surface area contributed by atoms with Crippen LogP contribution in [0.2, 0.25) is 0 Å². The molecule has 0 aliphatic heterocycles. The van der Waals surface area contributed by atoms with Crippen LogP contribution in [-0.2, 0) is 4.74 Å². The molecule has 0 aliphatic carbocycles. The number of benzene rings is 3. The van der Waals surface area contributed by atoms with Crippen LogP contribution in [0.3, 0.4) is 0 Å². The maximum atomic E-state index is 14.1. The minimum absolute atomic E-state index is 0.0234. The van der Waals surface area contributed by atoms with Crippen LogP contribution in [0.1, 0.15) is 33.6 Å². The predicted molar refractivity (Wildman–Crippen MR) is 178 cm³/mol. The van der Waals surface area contributed by atoms with Crippen molar-refractivity contribution in [2.75, 3.05) is 17.2 Å². The molecule has 2 unspecified atom stereocenters. The summed E-state index contributed by atoms with van der Waals surface area (Å²) < 4.78 is 51.8. The molecule has 7 aromatic rings. The zero-order valence-electron chi connectivity index (χ0n) is 25.2. The van der Waals surface area contributed by atoms with Crippen LogP contribution in [0.15, 0.2) is 115 Å². The van der Waals surface area contributed by atoms with Crippen molar-refractivity contribution in [1.82, 2.24) is 39.3 Å². The van der Waals surface area contributed by atoms with Gasteiger partial charge in [0, 0.05) is 4.47 Å². The highest BCUT2D eigenvalue weighted by atomic mass is 79.9. The molecule has 0 saturated heterocycles. The van der Waals surface area contributed by atoms with Crippen LogP contribution in [0.5, 0.6) is 0 Å². The molecule has 0 bridgehead atoms. The van der Waals surface area contributed by atoms with E-state index in [0.29, 0.717) is 22.5 Å². The Morgan fingerprint density at radius 2 is 1.31 bits per heavy atom. The van der Waals surface area contributed by atoms with E-state index in [9.17, 15) is 18.0 Å². The molecule has 0 amide bonds. The number of anilines is 2. The summed E-state index contributed by atoms with van der Waals surface area (Å²) in [6.45, 7) is -0.0255. The lowest BCUT2D eigenvalue weighted by Crippen LogP contribution is -2.28. The van der Waals surface area contributed by atoms with Crippen molar-refractivity contribution in [3.8, 4) is 0 Å². The Bertz CT molecular complexity index is 2250. The van der Waals surface area contributed by atoms with E-state index >= 15 is 0 Å². The minimum Gasteiger partial charge on any atom is -0.460 e. The van der Waals surface area contributed by atoms with Crippen molar-refractivity contribution in [1.29, 1.82) is 0 Å². The summed E-state index contributed by atoms with van der Waals surface area (Å²) in [5.74, 6) is -0.234. The molecule has 3 aromatic carbocycles. The van der Waals surface area contributed by atoms with Crippen molar-refractivity contribution >= 4 is 55.9 Å². The lowest BCUT2D eigenvalue weighted by Gasteiger charge is -2.22. The van der Waals surface area contributed by atoms with E-state index in [2.05, 4.69) is 56.5 Å². The highest BCUT2D eigenvalue weighted by Gasteiger charge is 2.41. The number of carbonyl (C=O) groups is 1. The third kappa shape index (κ3) is 6.62. The van der Waals surface area contributed by atoms with Gasteiger partial charge in [-0.15, -0.1) is 0 Å². The second-order valence-corrected chi connectivity index (χ2v) is 11.6. The Kier molecular flexibility index (Phi) is 8.61. The fourth-order valence-electron chi connectivity index (χ4n) is 5.24. The Labute approximate surface area is 284 Å². The SMILES string of the molecule is O=C(OCC(Nc1ncnc2c1ncn2-n1cnc2c(NC(c3ccccc3)C(F)(F)F)ncnc21)c1ccccc1)c1cccc(Br)c1. The maximum absolute atomic E-state index is 14.1. The number of esters is 1. The standard InChI is InChI=1S/C33H24BrF3N10O2/c34-23-13-7-12-22(14-23)32(48)49-15-24(20-8-3-1-4-9-20)44-28-25-30(40-16-38-28)46(18-42-25)47-19-43-26-29(39-17-41-31(26)47)45-27(33(35,36)37)21-10-5-2-6-11-21/h1-14,16-19,24,27H,15H2,(H,38,40,44)(H,39,41,45). The van der Waals surface area contributed by atoms with Crippen LogP contribution in [0.25, 0.3) is 22.3 Å². The minimum atomic E-state index is -4.61. The van der Waals surface area contributed by atoms with Crippen molar-refractivity contribution in [2.24, 2.45) is 0 Å². The predicted octanol–water partition coefficient (Wildman–Crippen LogP) is 6.77. The van der Waals surface area contributed by atoms with Gasteiger partial charge in [0.2, 0.25) is 0 Å². The van der Waals surface area contributed by atoms with Crippen molar-refractivity contribution in [3.05, 3.63) is 131 Å². The highest BCUT2D eigenvalue weighted by molar-refractivity contribution is 9.10. The number of alkyl halides is 3. The number of halogens is 4. The molecule has 12 nitrogen and oxygen atoms in total. The molecule has 2 atom stereocenters. The number of rotatable bonds is 10. The van der Waals surface area contributed by atoms with E-state index < -0.39 is 24.2 Å². The van der Waals surface area contributed by atoms with E-state index in [1.165, 1.54) is 52.6 Å². The second-order valence-electron chi connectivity index (χ2n) is 10.7. The van der Waals surface area contributed by atoms with E-state index in [-0.39, 0.29) is 29.2 Å². The van der Waals surface area contributed by atoms with Crippen molar-refractivity contribution in [2.45, 2.75) is 18.3 Å². The quantitative estimate of drug-likeness (QED) is 0.145. The van der Waals surface area contributed by atoms with Crippen molar-refractivity contribution < 1.29 is 22.7 Å². The Hall–Kier alpha value is -5.90. The van der Waals surface area contributed by atoms with Gasteiger partial charge in [-0.1, -0.05) is 82.7 Å². The van der Waals surface area contributed by atoms with E-state index in [1.807, 2.05) is 36.4 Å². The second kappa shape index (κ2) is 13.3. The summed E-state index contributed by atoms with van der Waals surface area (Å²) in [6.07, 6.45) is 0.737. The van der Waals surface area contributed by atoms with Crippen LogP contribution in [0, 0.1) is 0 Å². The molecule has 4 aromatic heterocycles. The number of nitrogens with zero attached hydrogens (tertiary/aromatic N) is 8. The molecule has 0 fully saturated rings. The number of aromatic nitrogens is 8. The monoisotopic (exact) mass is 728 g/mol. The molecule has 0 saturated carbocycles.